The first-order valence-electron chi connectivity index (χ1n) is 5.90. The molecule has 2 heterocycles. The Morgan fingerprint density at radius 1 is 1.39 bits per heavy atom. The Balaban J connectivity index is 2.37. The summed E-state index contributed by atoms with van der Waals surface area (Å²) in [4.78, 5) is 8.45. The second kappa shape index (κ2) is 5.93. The van der Waals surface area contributed by atoms with Gasteiger partial charge < -0.3 is 5.32 Å². The smallest absolute Gasteiger partial charge is 0.0952 e. The summed E-state index contributed by atoms with van der Waals surface area (Å²) >= 11 is 6.20. The minimum Gasteiger partial charge on any atom is -0.304 e. The molecule has 0 fully saturated rings. The van der Waals surface area contributed by atoms with Crippen molar-refractivity contribution < 1.29 is 0 Å². The molecule has 96 valence electrons. The lowest BCUT2D eigenvalue weighted by molar-refractivity contribution is 0.542. The van der Waals surface area contributed by atoms with Crippen molar-refractivity contribution in [2.24, 2.45) is 7.05 Å². The van der Waals surface area contributed by atoms with Crippen LogP contribution in [0.1, 0.15) is 30.8 Å². The molecule has 1 N–H and O–H groups in total. The lowest BCUT2D eigenvalue weighted by Crippen LogP contribution is -2.26. The summed E-state index contributed by atoms with van der Waals surface area (Å²) in [6, 6.07) is -0.0846. The summed E-state index contributed by atoms with van der Waals surface area (Å²) in [6.07, 6.45) is 7.77. The molecule has 0 aliphatic carbocycles. The number of rotatable bonds is 5. The van der Waals surface area contributed by atoms with Gasteiger partial charge in [-0.2, -0.15) is 5.10 Å². The topological polar surface area (TPSA) is 55.6 Å². The van der Waals surface area contributed by atoms with E-state index in [0.29, 0.717) is 5.02 Å². The maximum atomic E-state index is 6.20. The van der Waals surface area contributed by atoms with Crippen LogP contribution in [0.25, 0.3) is 0 Å². The quantitative estimate of drug-likeness (QED) is 0.898. The van der Waals surface area contributed by atoms with Crippen molar-refractivity contribution in [1.82, 2.24) is 25.1 Å². The summed E-state index contributed by atoms with van der Waals surface area (Å²) in [5.74, 6) is 0. The van der Waals surface area contributed by atoms with Crippen molar-refractivity contribution in [3.05, 3.63) is 41.2 Å². The van der Waals surface area contributed by atoms with Gasteiger partial charge in [-0.25, -0.2) is 0 Å². The van der Waals surface area contributed by atoms with E-state index in [2.05, 4.69) is 27.3 Å². The fourth-order valence-electron chi connectivity index (χ4n) is 1.83. The fraction of sp³-hybridized carbons (Fsp3) is 0.417. The third kappa shape index (κ3) is 2.68. The molecule has 6 heteroatoms. The Morgan fingerprint density at radius 3 is 2.78 bits per heavy atom. The van der Waals surface area contributed by atoms with Crippen LogP contribution in [0.15, 0.2) is 24.8 Å². The Bertz CT molecular complexity index is 477. The number of hydrogen-bond donors (Lipinski definition) is 1. The summed E-state index contributed by atoms with van der Waals surface area (Å²) < 4.78 is 1.77. The monoisotopic (exact) mass is 265 g/mol. The molecule has 18 heavy (non-hydrogen) atoms. The number of aryl methyl sites for hydroxylation is 1. The summed E-state index contributed by atoms with van der Waals surface area (Å²) in [7, 11) is 1.87. The van der Waals surface area contributed by atoms with Crippen molar-refractivity contribution in [1.29, 1.82) is 0 Å². The lowest BCUT2D eigenvalue weighted by atomic mass is 10.1. The van der Waals surface area contributed by atoms with E-state index in [1.165, 1.54) is 0 Å². The minimum atomic E-state index is -0.0846. The number of aromatic nitrogens is 4. The van der Waals surface area contributed by atoms with E-state index in [0.717, 1.165) is 24.4 Å². The molecule has 0 aliphatic rings. The first-order valence-corrected chi connectivity index (χ1v) is 6.28. The Labute approximate surface area is 111 Å². The van der Waals surface area contributed by atoms with Gasteiger partial charge in [0.25, 0.3) is 0 Å². The van der Waals surface area contributed by atoms with Crippen LogP contribution >= 0.6 is 11.6 Å². The second-order valence-electron chi connectivity index (χ2n) is 4.02. The predicted octanol–water partition coefficient (Wildman–Crippen LogP) is 1.95. The molecule has 1 unspecified atom stereocenters. The highest BCUT2D eigenvalue weighted by atomic mass is 35.5. The van der Waals surface area contributed by atoms with Gasteiger partial charge in [-0.05, 0) is 13.0 Å². The van der Waals surface area contributed by atoms with E-state index in [-0.39, 0.29) is 6.04 Å². The number of nitrogens with zero attached hydrogens (tertiary/aromatic N) is 4. The largest absolute Gasteiger partial charge is 0.304 e. The zero-order chi connectivity index (χ0) is 13.0. The van der Waals surface area contributed by atoms with E-state index in [1.54, 1.807) is 29.5 Å². The van der Waals surface area contributed by atoms with E-state index < -0.39 is 0 Å². The fourth-order valence-corrected chi connectivity index (χ4v) is 2.11. The molecular formula is C12H16ClN5. The van der Waals surface area contributed by atoms with Crippen LogP contribution in [0.5, 0.6) is 0 Å². The highest BCUT2D eigenvalue weighted by Crippen LogP contribution is 2.26. The number of nitrogens with one attached hydrogen (secondary N) is 1. The molecule has 0 bridgehead atoms. The minimum absolute atomic E-state index is 0.0846. The Kier molecular flexibility index (Phi) is 4.28. The average molecular weight is 266 g/mol. The molecule has 0 spiro atoms. The van der Waals surface area contributed by atoms with E-state index >= 15 is 0 Å². The van der Waals surface area contributed by atoms with Gasteiger partial charge in [0.05, 0.1) is 34.8 Å². The molecule has 0 aromatic carbocycles. The van der Waals surface area contributed by atoms with Crippen LogP contribution in [0.4, 0.5) is 0 Å². The maximum absolute atomic E-state index is 6.20. The van der Waals surface area contributed by atoms with E-state index in [9.17, 15) is 0 Å². The van der Waals surface area contributed by atoms with Crippen LogP contribution in [0.2, 0.25) is 5.02 Å². The van der Waals surface area contributed by atoms with Gasteiger partial charge in [-0.15, -0.1) is 0 Å². The third-order valence-corrected chi connectivity index (χ3v) is 2.98. The standard InChI is InChI=1S/C12H16ClN5/c1-3-4-16-11(10-8-14-5-6-15-10)12-9(13)7-17-18(12)2/h5-8,11,16H,3-4H2,1-2H3. The van der Waals surface area contributed by atoms with Gasteiger partial charge >= 0.3 is 0 Å². The molecule has 0 radical (unpaired) electrons. The maximum Gasteiger partial charge on any atom is 0.0952 e. The number of halogens is 1. The Morgan fingerprint density at radius 2 is 2.22 bits per heavy atom. The highest BCUT2D eigenvalue weighted by molar-refractivity contribution is 6.31. The van der Waals surface area contributed by atoms with Crippen molar-refractivity contribution in [2.45, 2.75) is 19.4 Å². The van der Waals surface area contributed by atoms with Gasteiger partial charge in [0.15, 0.2) is 0 Å². The van der Waals surface area contributed by atoms with Gasteiger partial charge in [0, 0.05) is 19.4 Å². The second-order valence-corrected chi connectivity index (χ2v) is 4.43. The molecule has 0 aliphatic heterocycles. The first-order chi connectivity index (χ1) is 8.74. The van der Waals surface area contributed by atoms with Crippen molar-refractivity contribution in [2.75, 3.05) is 6.54 Å². The van der Waals surface area contributed by atoms with Gasteiger partial charge in [-0.1, -0.05) is 18.5 Å². The molecule has 5 nitrogen and oxygen atoms in total. The molecule has 0 saturated heterocycles. The van der Waals surface area contributed by atoms with E-state index in [1.807, 2.05) is 7.05 Å². The highest BCUT2D eigenvalue weighted by Gasteiger charge is 2.21. The molecule has 2 aromatic rings. The average Bonchev–Trinajstić information content (AvgIpc) is 2.72. The molecule has 1 atom stereocenters. The normalized spacial score (nSPS) is 12.6. The zero-order valence-electron chi connectivity index (χ0n) is 10.5. The molecular weight excluding hydrogens is 250 g/mol. The SMILES string of the molecule is CCCNC(c1cnccn1)c1c(Cl)cnn1C. The molecule has 2 aromatic heterocycles. The summed E-state index contributed by atoms with van der Waals surface area (Å²) in [5, 5.41) is 8.23. The van der Waals surface area contributed by atoms with Gasteiger partial charge in [-0.3, -0.25) is 14.6 Å². The van der Waals surface area contributed by atoms with Crippen LogP contribution < -0.4 is 5.32 Å². The molecule has 0 amide bonds. The number of hydrogen-bond acceptors (Lipinski definition) is 4. The van der Waals surface area contributed by atoms with Crippen molar-refractivity contribution >= 4 is 11.6 Å². The summed E-state index contributed by atoms with van der Waals surface area (Å²) in [6.45, 7) is 2.99. The van der Waals surface area contributed by atoms with Crippen LogP contribution in [0.3, 0.4) is 0 Å². The molecule has 2 rings (SSSR count). The van der Waals surface area contributed by atoms with Crippen LogP contribution in [-0.2, 0) is 7.05 Å². The van der Waals surface area contributed by atoms with E-state index in [4.69, 9.17) is 11.6 Å². The molecule has 0 saturated carbocycles. The predicted molar refractivity (Wildman–Crippen MR) is 70.4 cm³/mol. The van der Waals surface area contributed by atoms with Gasteiger partial charge in [0.2, 0.25) is 0 Å². The zero-order valence-corrected chi connectivity index (χ0v) is 11.2. The first kappa shape index (κ1) is 13.0. The lowest BCUT2D eigenvalue weighted by Gasteiger charge is -2.18. The van der Waals surface area contributed by atoms with Gasteiger partial charge in [0.1, 0.15) is 0 Å². The Hall–Kier alpha value is -1.46. The van der Waals surface area contributed by atoms with Crippen LogP contribution in [0, 0.1) is 0 Å². The third-order valence-electron chi connectivity index (χ3n) is 2.69. The summed E-state index contributed by atoms with van der Waals surface area (Å²) in [5.41, 5.74) is 1.75. The van der Waals surface area contributed by atoms with Crippen LogP contribution in [-0.4, -0.2) is 26.3 Å². The van der Waals surface area contributed by atoms with Crippen molar-refractivity contribution in [3.63, 3.8) is 0 Å². The van der Waals surface area contributed by atoms with Crippen molar-refractivity contribution in [3.8, 4) is 0 Å².